The third-order valence-electron chi connectivity index (χ3n) is 3.89. The first-order valence-corrected chi connectivity index (χ1v) is 8.70. The fourth-order valence-electron chi connectivity index (χ4n) is 2.71. The van der Waals surface area contributed by atoms with Crippen LogP contribution in [0.5, 0.6) is 11.5 Å². The second-order valence-electron chi connectivity index (χ2n) is 7.12. The molecule has 0 saturated carbocycles. The van der Waals surface area contributed by atoms with Crippen molar-refractivity contribution < 1.29 is 29.0 Å². The lowest BCUT2D eigenvalue weighted by molar-refractivity contribution is -0.233. The van der Waals surface area contributed by atoms with Gasteiger partial charge in [0.25, 0.3) is 0 Å². The maximum absolute atomic E-state index is 11.3. The molecule has 8 nitrogen and oxygen atoms in total. The molecule has 0 aliphatic carbocycles. The van der Waals surface area contributed by atoms with E-state index in [1.54, 1.807) is 11.1 Å². The number of carboxylic acid groups (broad SMARTS) is 1. The Morgan fingerprint density at radius 1 is 1.30 bits per heavy atom. The minimum Gasteiger partial charge on any atom is -0.497 e. The van der Waals surface area contributed by atoms with Gasteiger partial charge in [-0.1, -0.05) is 0 Å². The first-order chi connectivity index (χ1) is 12.7. The molecule has 0 bridgehead atoms. The largest absolute Gasteiger partial charge is 0.497 e. The van der Waals surface area contributed by atoms with Gasteiger partial charge in [0.2, 0.25) is 0 Å². The summed E-state index contributed by atoms with van der Waals surface area (Å²) in [6, 6.07) is 4.54. The van der Waals surface area contributed by atoms with Crippen LogP contribution in [-0.2, 0) is 9.63 Å². The monoisotopic (exact) mass is 378 g/mol. The van der Waals surface area contributed by atoms with Gasteiger partial charge in [-0.05, 0) is 32.9 Å². The van der Waals surface area contributed by atoms with Crippen molar-refractivity contribution in [3.63, 3.8) is 0 Å². The topological polar surface area (TPSA) is 88.5 Å². The van der Waals surface area contributed by atoms with E-state index in [9.17, 15) is 14.7 Å². The molecule has 1 aromatic carbocycles. The predicted octanol–water partition coefficient (Wildman–Crippen LogP) is 1.84. The predicted molar refractivity (Wildman–Crippen MR) is 98.6 cm³/mol. The van der Waals surface area contributed by atoms with Gasteiger partial charge in [-0.15, -0.1) is 0 Å². The van der Waals surface area contributed by atoms with Crippen LogP contribution in [0.15, 0.2) is 23.9 Å². The van der Waals surface area contributed by atoms with Crippen LogP contribution in [0.3, 0.4) is 0 Å². The maximum atomic E-state index is 11.3. The number of hydrogen-bond donors (Lipinski definition) is 1. The highest BCUT2D eigenvalue weighted by Crippen LogP contribution is 2.25. The minimum absolute atomic E-state index is 0.0605. The second-order valence-corrected chi connectivity index (χ2v) is 7.12. The molecule has 1 fully saturated rings. The normalized spacial score (nSPS) is 15.4. The molecule has 148 valence electrons. The van der Waals surface area contributed by atoms with Crippen molar-refractivity contribution in [3.8, 4) is 11.5 Å². The van der Waals surface area contributed by atoms with Gasteiger partial charge in [0, 0.05) is 19.2 Å². The van der Waals surface area contributed by atoms with E-state index in [4.69, 9.17) is 14.3 Å². The highest BCUT2D eigenvalue weighted by Gasteiger charge is 2.26. The van der Waals surface area contributed by atoms with Crippen LogP contribution in [0.1, 0.15) is 31.1 Å². The summed E-state index contributed by atoms with van der Waals surface area (Å²) in [6.45, 7) is 8.09. The summed E-state index contributed by atoms with van der Waals surface area (Å²) in [4.78, 5) is 30.3. The third-order valence-corrected chi connectivity index (χ3v) is 3.89. The molecular formula is C19H26N2O6. The first-order valence-electron chi connectivity index (χ1n) is 8.70. The number of nitrogens with zero attached hydrogens (tertiary/aromatic N) is 2. The average Bonchev–Trinajstić information content (AvgIpc) is 2.61. The Hall–Kier alpha value is -2.54. The summed E-state index contributed by atoms with van der Waals surface area (Å²) in [7, 11) is 1.50. The molecule has 27 heavy (non-hydrogen) atoms. The fraction of sp³-hybridized carbons (Fsp3) is 0.526. The lowest BCUT2D eigenvalue weighted by Gasteiger charge is -2.38. The highest BCUT2D eigenvalue weighted by atomic mass is 16.7. The summed E-state index contributed by atoms with van der Waals surface area (Å²) in [6.07, 6.45) is 0. The number of benzene rings is 1. The van der Waals surface area contributed by atoms with Crippen LogP contribution in [0, 0.1) is 0 Å². The summed E-state index contributed by atoms with van der Waals surface area (Å²) in [5, 5.41) is 11.0. The Kier molecular flexibility index (Phi) is 6.85. The van der Waals surface area contributed by atoms with Gasteiger partial charge in [-0.2, -0.15) is 5.06 Å². The molecule has 1 aromatic rings. The molecule has 1 saturated heterocycles. The molecule has 0 spiro atoms. The van der Waals surface area contributed by atoms with Crippen molar-refractivity contribution in [1.29, 1.82) is 0 Å². The lowest BCUT2D eigenvalue weighted by atomic mass is 10.2. The minimum atomic E-state index is -1.07. The van der Waals surface area contributed by atoms with Crippen molar-refractivity contribution >= 4 is 11.9 Å². The zero-order valence-electron chi connectivity index (χ0n) is 16.2. The second kappa shape index (κ2) is 8.90. The lowest BCUT2D eigenvalue weighted by Crippen LogP contribution is -2.48. The Bertz CT molecular complexity index is 721. The number of rotatable bonds is 7. The Balaban J connectivity index is 1.96. The number of hydroxylamine groups is 2. The van der Waals surface area contributed by atoms with Crippen LogP contribution in [0.25, 0.3) is 0 Å². The molecular weight excluding hydrogens is 352 g/mol. The quantitative estimate of drug-likeness (QED) is 0.719. The maximum Gasteiger partial charge on any atom is 0.339 e. The molecule has 1 heterocycles. The average molecular weight is 378 g/mol. The molecule has 1 N–H and O–H groups in total. The number of ether oxygens (including phenoxy) is 2. The SMILES string of the molecule is COc1ccc(C(=O)O)c(OCCN2CCN(OC(C)(C)C)CC2=C=O)c1. The zero-order chi connectivity index (χ0) is 20.0. The number of piperazine rings is 1. The van der Waals surface area contributed by atoms with E-state index in [1.807, 2.05) is 31.6 Å². The zero-order valence-corrected chi connectivity index (χ0v) is 16.2. The standard InChI is InChI=1S/C19H26N2O6/c1-19(2,3)27-21-8-7-20(14(12-21)13-22)9-10-26-17-11-15(25-4)5-6-16(17)18(23)24/h5-6,11H,7-10,12H2,1-4H3,(H,23,24). The van der Waals surface area contributed by atoms with Gasteiger partial charge >= 0.3 is 5.97 Å². The van der Waals surface area contributed by atoms with Crippen molar-refractivity contribution in [2.45, 2.75) is 26.4 Å². The Morgan fingerprint density at radius 2 is 2.04 bits per heavy atom. The van der Waals surface area contributed by atoms with Gasteiger partial charge in [0.1, 0.15) is 35.3 Å². The number of carboxylic acids is 1. The Labute approximate surface area is 158 Å². The van der Waals surface area contributed by atoms with E-state index < -0.39 is 5.97 Å². The number of carbonyl (C=O) groups excluding carboxylic acids is 1. The summed E-state index contributed by atoms with van der Waals surface area (Å²) in [5.41, 5.74) is 0.211. The molecule has 0 atom stereocenters. The van der Waals surface area contributed by atoms with Crippen molar-refractivity contribution in [2.75, 3.05) is 39.9 Å². The van der Waals surface area contributed by atoms with Crippen LogP contribution < -0.4 is 9.47 Å². The molecule has 2 rings (SSSR count). The van der Waals surface area contributed by atoms with Crippen molar-refractivity contribution in [1.82, 2.24) is 9.96 Å². The van der Waals surface area contributed by atoms with Crippen LogP contribution >= 0.6 is 0 Å². The van der Waals surface area contributed by atoms with Crippen LogP contribution in [0.2, 0.25) is 0 Å². The van der Waals surface area contributed by atoms with Gasteiger partial charge in [-0.3, -0.25) is 4.84 Å². The third kappa shape index (κ3) is 5.99. The summed E-state index contributed by atoms with van der Waals surface area (Å²) in [5.74, 6) is 1.63. The first kappa shape index (κ1) is 20.8. The van der Waals surface area contributed by atoms with Crippen molar-refractivity contribution in [2.24, 2.45) is 0 Å². The van der Waals surface area contributed by atoms with E-state index in [0.29, 0.717) is 37.6 Å². The van der Waals surface area contributed by atoms with Crippen molar-refractivity contribution in [3.05, 3.63) is 29.5 Å². The molecule has 0 amide bonds. The summed E-state index contributed by atoms with van der Waals surface area (Å²) >= 11 is 0. The smallest absolute Gasteiger partial charge is 0.339 e. The van der Waals surface area contributed by atoms with E-state index >= 15 is 0 Å². The summed E-state index contributed by atoms with van der Waals surface area (Å²) < 4.78 is 10.8. The molecule has 1 aliphatic heterocycles. The molecule has 0 radical (unpaired) electrons. The number of carbonyl (C=O) groups is 1. The molecule has 1 aliphatic rings. The van der Waals surface area contributed by atoms with E-state index in [-0.39, 0.29) is 23.5 Å². The van der Waals surface area contributed by atoms with E-state index in [0.717, 1.165) is 0 Å². The van der Waals surface area contributed by atoms with Gasteiger partial charge in [0.05, 0.1) is 25.8 Å². The van der Waals surface area contributed by atoms with Gasteiger partial charge < -0.3 is 19.5 Å². The van der Waals surface area contributed by atoms with Crippen LogP contribution in [-0.4, -0.2) is 72.5 Å². The van der Waals surface area contributed by atoms with E-state index in [2.05, 4.69) is 0 Å². The van der Waals surface area contributed by atoms with Gasteiger partial charge in [-0.25, -0.2) is 9.59 Å². The van der Waals surface area contributed by atoms with Crippen LogP contribution in [0.4, 0.5) is 0 Å². The molecule has 8 heteroatoms. The highest BCUT2D eigenvalue weighted by molar-refractivity contribution is 5.91. The van der Waals surface area contributed by atoms with Gasteiger partial charge in [0.15, 0.2) is 0 Å². The number of aromatic carboxylic acids is 1. The Morgan fingerprint density at radius 3 is 2.63 bits per heavy atom. The molecule has 0 unspecified atom stereocenters. The van der Waals surface area contributed by atoms with E-state index in [1.165, 1.54) is 19.2 Å². The number of methoxy groups -OCH3 is 1. The fourth-order valence-corrected chi connectivity index (χ4v) is 2.71. The number of hydrogen-bond acceptors (Lipinski definition) is 7. The molecule has 0 aromatic heterocycles.